The molecule has 6 nitrogen and oxygen atoms in total. The van der Waals surface area contributed by atoms with Crippen molar-refractivity contribution in [2.45, 2.75) is 33.0 Å². The molecule has 2 amide bonds. The number of hydrogen-bond donors (Lipinski definition) is 2. The van der Waals surface area contributed by atoms with Crippen LogP contribution in [0, 0.1) is 0 Å². The molecule has 0 bridgehead atoms. The van der Waals surface area contributed by atoms with Gasteiger partial charge in [0.15, 0.2) is 0 Å². The third-order valence-corrected chi connectivity index (χ3v) is 7.03. The van der Waals surface area contributed by atoms with Crippen LogP contribution < -0.4 is 5.32 Å². The summed E-state index contributed by atoms with van der Waals surface area (Å²) in [4.78, 5) is 31.4. The molecule has 0 saturated carbocycles. The first-order valence-electron chi connectivity index (χ1n) is 12.3. The molecule has 0 spiro atoms. The molecule has 1 aliphatic heterocycles. The molecule has 0 unspecified atom stereocenters. The first-order valence-corrected chi connectivity index (χ1v) is 12.3. The Kier molecular flexibility index (Phi) is 6.41. The summed E-state index contributed by atoms with van der Waals surface area (Å²) in [5.74, 6) is -1.19. The molecular weight excluding hydrogens is 481 g/mol. The van der Waals surface area contributed by atoms with E-state index in [-0.39, 0.29) is 22.0 Å². The molecule has 1 aliphatic rings. The number of fused-ring (bicyclic) bond motifs is 2. The fourth-order valence-corrected chi connectivity index (χ4v) is 5.22. The van der Waals surface area contributed by atoms with Crippen molar-refractivity contribution in [2.24, 2.45) is 0 Å². The Hall–Kier alpha value is -3.85. The van der Waals surface area contributed by atoms with Gasteiger partial charge in [0.25, 0.3) is 11.8 Å². The Labute approximate surface area is 211 Å². The van der Waals surface area contributed by atoms with Crippen molar-refractivity contribution in [1.29, 1.82) is 0 Å². The van der Waals surface area contributed by atoms with E-state index in [0.717, 1.165) is 36.6 Å². The van der Waals surface area contributed by atoms with E-state index in [4.69, 9.17) is 0 Å². The lowest BCUT2D eigenvalue weighted by atomic mass is 9.95. The van der Waals surface area contributed by atoms with Gasteiger partial charge in [-0.25, -0.2) is 0 Å². The first kappa shape index (κ1) is 24.8. The van der Waals surface area contributed by atoms with Crippen LogP contribution >= 0.6 is 0 Å². The SMILES string of the molecule is CCN(CC)CCCn1cc(C2=C(c3c[nH]c4ccccc34)C(=O)NC2=O)c2cccc(C(F)(F)F)c21. The molecule has 9 heteroatoms. The van der Waals surface area contributed by atoms with E-state index in [9.17, 15) is 22.8 Å². The summed E-state index contributed by atoms with van der Waals surface area (Å²) in [5, 5.41) is 3.39. The van der Waals surface area contributed by atoms with Crippen LogP contribution in [0.25, 0.3) is 33.0 Å². The van der Waals surface area contributed by atoms with Crippen LogP contribution in [-0.2, 0) is 22.3 Å². The van der Waals surface area contributed by atoms with Crippen LogP contribution in [0.2, 0.25) is 0 Å². The second-order valence-corrected chi connectivity index (χ2v) is 9.10. The Balaban J connectivity index is 1.72. The smallest absolute Gasteiger partial charge is 0.361 e. The van der Waals surface area contributed by atoms with E-state index >= 15 is 0 Å². The molecule has 0 saturated heterocycles. The van der Waals surface area contributed by atoms with Gasteiger partial charge in [-0.2, -0.15) is 13.2 Å². The number of alkyl halides is 3. The van der Waals surface area contributed by atoms with Crippen molar-refractivity contribution in [3.8, 4) is 0 Å². The van der Waals surface area contributed by atoms with Crippen molar-refractivity contribution in [3.05, 3.63) is 71.5 Å². The summed E-state index contributed by atoms with van der Waals surface area (Å²) in [6.07, 6.45) is -0.697. The van der Waals surface area contributed by atoms with Crippen molar-refractivity contribution < 1.29 is 22.8 Å². The number of carbonyl (C=O) groups is 2. The van der Waals surface area contributed by atoms with Gasteiger partial charge in [-0.15, -0.1) is 0 Å². The van der Waals surface area contributed by atoms with Gasteiger partial charge in [-0.05, 0) is 38.2 Å². The van der Waals surface area contributed by atoms with Gasteiger partial charge in [0, 0.05) is 46.4 Å². The van der Waals surface area contributed by atoms with Crippen LogP contribution in [0.5, 0.6) is 0 Å². The summed E-state index contributed by atoms with van der Waals surface area (Å²) < 4.78 is 43.8. The Morgan fingerprint density at radius 2 is 1.57 bits per heavy atom. The highest BCUT2D eigenvalue weighted by molar-refractivity contribution is 6.50. The quantitative estimate of drug-likeness (QED) is 0.312. The molecular formula is C28H27F3N4O2. The van der Waals surface area contributed by atoms with Crippen LogP contribution in [0.1, 0.15) is 37.0 Å². The van der Waals surface area contributed by atoms with Crippen molar-refractivity contribution >= 4 is 44.8 Å². The number of nitrogens with zero attached hydrogens (tertiary/aromatic N) is 2. The van der Waals surface area contributed by atoms with E-state index in [1.54, 1.807) is 23.0 Å². The first-order chi connectivity index (χ1) is 17.7. The minimum atomic E-state index is -4.58. The topological polar surface area (TPSA) is 70.1 Å². The van der Waals surface area contributed by atoms with Crippen molar-refractivity contribution in [1.82, 2.24) is 19.8 Å². The maximum atomic E-state index is 14.1. The summed E-state index contributed by atoms with van der Waals surface area (Å²) in [5.41, 5.74) is 1.12. The maximum Gasteiger partial charge on any atom is 0.418 e. The number of hydrogen-bond acceptors (Lipinski definition) is 3. The predicted octanol–water partition coefficient (Wildman–Crippen LogP) is 5.44. The average molecular weight is 509 g/mol. The molecule has 3 heterocycles. The van der Waals surface area contributed by atoms with E-state index < -0.39 is 23.6 Å². The van der Waals surface area contributed by atoms with Gasteiger partial charge in [-0.3, -0.25) is 14.9 Å². The molecule has 5 rings (SSSR count). The zero-order valence-electron chi connectivity index (χ0n) is 20.6. The predicted molar refractivity (Wildman–Crippen MR) is 138 cm³/mol. The molecule has 0 aliphatic carbocycles. The van der Waals surface area contributed by atoms with Gasteiger partial charge in [0.2, 0.25) is 0 Å². The average Bonchev–Trinajstić information content (AvgIpc) is 3.54. The lowest BCUT2D eigenvalue weighted by Gasteiger charge is -2.18. The molecule has 0 atom stereocenters. The number of benzene rings is 2. The molecule has 2 N–H and O–H groups in total. The minimum Gasteiger partial charge on any atom is -0.361 e. The second-order valence-electron chi connectivity index (χ2n) is 9.10. The van der Waals surface area contributed by atoms with Crippen molar-refractivity contribution in [3.63, 3.8) is 0 Å². The molecule has 0 radical (unpaired) electrons. The Bertz CT molecular complexity index is 1540. The van der Waals surface area contributed by atoms with Gasteiger partial charge in [-0.1, -0.05) is 44.2 Å². The Morgan fingerprint density at radius 1 is 0.892 bits per heavy atom. The molecule has 4 aromatic rings. The van der Waals surface area contributed by atoms with Crippen LogP contribution in [0.3, 0.4) is 0 Å². The van der Waals surface area contributed by atoms with Gasteiger partial charge >= 0.3 is 6.18 Å². The van der Waals surface area contributed by atoms with E-state index in [1.165, 1.54) is 6.07 Å². The van der Waals surface area contributed by atoms with Crippen LogP contribution in [0.15, 0.2) is 54.9 Å². The highest BCUT2D eigenvalue weighted by Gasteiger charge is 2.38. The third kappa shape index (κ3) is 4.33. The van der Waals surface area contributed by atoms with Crippen LogP contribution in [-0.4, -0.2) is 45.9 Å². The standard InChI is InChI=1S/C28H27F3N4O2/c1-3-34(4-2)13-8-14-35-16-20(18-10-7-11-21(25(18)35)28(29,30)31)24-23(26(36)33-27(24)37)19-15-32-22-12-6-5-9-17(19)22/h5-7,9-12,15-16,32H,3-4,8,13-14H2,1-2H3,(H,33,36,37). The van der Waals surface area contributed by atoms with E-state index in [2.05, 4.69) is 15.2 Å². The minimum absolute atomic E-state index is 0.0162. The maximum absolute atomic E-state index is 14.1. The lowest BCUT2D eigenvalue weighted by molar-refractivity contribution is -0.136. The number of nitrogens with one attached hydrogen (secondary N) is 2. The third-order valence-electron chi connectivity index (χ3n) is 7.03. The Morgan fingerprint density at radius 3 is 2.27 bits per heavy atom. The number of aromatic amines is 1. The summed E-state index contributed by atoms with van der Waals surface area (Å²) in [7, 11) is 0. The molecule has 192 valence electrons. The summed E-state index contributed by atoms with van der Waals surface area (Å²) in [6.45, 7) is 6.87. The van der Waals surface area contributed by atoms with Crippen molar-refractivity contribution in [2.75, 3.05) is 19.6 Å². The number of imide groups is 1. The molecule has 2 aromatic carbocycles. The molecule has 37 heavy (non-hydrogen) atoms. The fraction of sp³-hybridized carbons (Fsp3) is 0.286. The lowest BCUT2D eigenvalue weighted by Crippen LogP contribution is -2.24. The number of para-hydroxylation sites is 2. The summed E-state index contributed by atoms with van der Waals surface area (Å²) in [6, 6.07) is 11.3. The largest absolute Gasteiger partial charge is 0.418 e. The number of rotatable bonds is 8. The number of amides is 2. The number of aromatic nitrogens is 2. The fourth-order valence-electron chi connectivity index (χ4n) is 5.22. The van der Waals surface area contributed by atoms with Gasteiger partial charge in [0.05, 0.1) is 22.2 Å². The molecule has 0 fully saturated rings. The number of aryl methyl sites for hydroxylation is 1. The number of carbonyl (C=O) groups excluding carboxylic acids is 2. The highest BCUT2D eigenvalue weighted by Crippen LogP contribution is 2.42. The second kappa shape index (κ2) is 9.55. The van der Waals surface area contributed by atoms with Gasteiger partial charge < -0.3 is 14.5 Å². The number of H-pyrrole nitrogens is 1. The van der Waals surface area contributed by atoms with E-state index in [0.29, 0.717) is 24.1 Å². The number of halogens is 3. The van der Waals surface area contributed by atoms with Crippen LogP contribution in [0.4, 0.5) is 13.2 Å². The monoisotopic (exact) mass is 508 g/mol. The zero-order chi connectivity index (χ0) is 26.3. The normalized spacial score (nSPS) is 14.5. The van der Waals surface area contributed by atoms with E-state index in [1.807, 2.05) is 38.1 Å². The van der Waals surface area contributed by atoms with Gasteiger partial charge in [0.1, 0.15) is 0 Å². The highest BCUT2D eigenvalue weighted by atomic mass is 19.4. The molecule has 2 aromatic heterocycles. The summed E-state index contributed by atoms with van der Waals surface area (Å²) >= 11 is 0. The zero-order valence-corrected chi connectivity index (χ0v) is 20.6.